The van der Waals surface area contributed by atoms with Crippen molar-refractivity contribution in [2.24, 2.45) is 7.05 Å². The van der Waals surface area contributed by atoms with Crippen LogP contribution in [0.25, 0.3) is 0 Å². The van der Waals surface area contributed by atoms with E-state index in [1.807, 2.05) is 13.0 Å². The maximum Gasteiger partial charge on any atom is 0.168 e. The average molecular weight is 247 g/mol. The molecular weight excluding hydrogens is 233 g/mol. The smallest absolute Gasteiger partial charge is 0.168 e. The molecule has 0 fully saturated rings. The number of ketones is 1. The second-order valence-electron chi connectivity index (χ2n) is 4.24. The molecule has 0 radical (unpaired) electrons. The van der Waals surface area contributed by atoms with Crippen LogP contribution in [-0.2, 0) is 13.5 Å². The average Bonchev–Trinajstić information content (AvgIpc) is 2.61. The van der Waals surface area contributed by atoms with Crippen molar-refractivity contribution in [2.75, 3.05) is 5.73 Å². The Hall–Kier alpha value is -2.17. The van der Waals surface area contributed by atoms with Crippen molar-refractivity contribution in [3.05, 3.63) is 47.0 Å². The molecule has 0 saturated heterocycles. The molecule has 0 atom stereocenters. The Labute approximate surface area is 104 Å². The number of nitrogens with two attached hydrogens (primary N) is 1. The highest BCUT2D eigenvalue weighted by Gasteiger charge is 2.12. The van der Waals surface area contributed by atoms with Crippen LogP contribution < -0.4 is 5.73 Å². The molecule has 0 saturated carbocycles. The van der Waals surface area contributed by atoms with E-state index in [0.717, 1.165) is 11.4 Å². The Morgan fingerprint density at radius 3 is 2.72 bits per heavy atom. The standard InChI is InChI=1S/C13H14FN3O/c1-8-5-10(17(2)16-8)7-13(18)9-3-4-12(15)11(14)6-9/h3-6H,7,15H2,1-2H3. The topological polar surface area (TPSA) is 60.9 Å². The molecule has 5 heteroatoms. The number of hydrogen-bond donors (Lipinski definition) is 1. The van der Waals surface area contributed by atoms with Crippen LogP contribution in [0.3, 0.4) is 0 Å². The van der Waals surface area contributed by atoms with Crippen molar-refractivity contribution in [3.63, 3.8) is 0 Å². The molecule has 2 rings (SSSR count). The number of rotatable bonds is 3. The zero-order valence-corrected chi connectivity index (χ0v) is 10.3. The first-order chi connectivity index (χ1) is 8.47. The van der Waals surface area contributed by atoms with Gasteiger partial charge in [-0.1, -0.05) is 0 Å². The summed E-state index contributed by atoms with van der Waals surface area (Å²) in [5, 5.41) is 4.16. The Morgan fingerprint density at radius 1 is 1.44 bits per heavy atom. The van der Waals surface area contributed by atoms with Crippen molar-refractivity contribution in [1.29, 1.82) is 0 Å². The number of halogens is 1. The first-order valence-corrected chi connectivity index (χ1v) is 5.55. The van der Waals surface area contributed by atoms with Crippen molar-refractivity contribution in [2.45, 2.75) is 13.3 Å². The van der Waals surface area contributed by atoms with Crippen LogP contribution in [0, 0.1) is 12.7 Å². The summed E-state index contributed by atoms with van der Waals surface area (Å²) in [5.74, 6) is -0.723. The number of nitrogens with zero attached hydrogens (tertiary/aromatic N) is 2. The lowest BCUT2D eigenvalue weighted by Gasteiger charge is -2.03. The first-order valence-electron chi connectivity index (χ1n) is 5.55. The number of Topliss-reactive ketones (excluding diaryl/α,β-unsaturated/α-hetero) is 1. The van der Waals surface area contributed by atoms with E-state index in [-0.39, 0.29) is 17.9 Å². The summed E-state index contributed by atoms with van der Waals surface area (Å²) in [4.78, 5) is 12.0. The summed E-state index contributed by atoms with van der Waals surface area (Å²) >= 11 is 0. The van der Waals surface area contributed by atoms with E-state index in [9.17, 15) is 9.18 Å². The van der Waals surface area contributed by atoms with Gasteiger partial charge in [-0.05, 0) is 31.2 Å². The Morgan fingerprint density at radius 2 is 2.17 bits per heavy atom. The highest BCUT2D eigenvalue weighted by Crippen LogP contribution is 2.14. The third kappa shape index (κ3) is 2.40. The number of anilines is 1. The second kappa shape index (κ2) is 4.60. The maximum absolute atomic E-state index is 13.3. The summed E-state index contributed by atoms with van der Waals surface area (Å²) in [5.41, 5.74) is 7.38. The van der Waals surface area contributed by atoms with Crippen LogP contribution >= 0.6 is 0 Å². The Bertz CT molecular complexity index is 604. The zero-order chi connectivity index (χ0) is 13.3. The number of aromatic nitrogens is 2. The molecule has 1 aromatic heterocycles. The molecule has 0 aliphatic carbocycles. The molecule has 18 heavy (non-hydrogen) atoms. The lowest BCUT2D eigenvalue weighted by molar-refractivity contribution is 0.0990. The molecule has 2 N–H and O–H groups in total. The van der Waals surface area contributed by atoms with Crippen LogP contribution in [-0.4, -0.2) is 15.6 Å². The van der Waals surface area contributed by atoms with Gasteiger partial charge in [0.15, 0.2) is 5.78 Å². The van der Waals surface area contributed by atoms with Gasteiger partial charge in [0.1, 0.15) is 5.82 Å². The van der Waals surface area contributed by atoms with Gasteiger partial charge in [-0.15, -0.1) is 0 Å². The fourth-order valence-electron chi connectivity index (χ4n) is 1.80. The third-order valence-electron chi connectivity index (χ3n) is 2.76. The third-order valence-corrected chi connectivity index (χ3v) is 2.76. The maximum atomic E-state index is 13.3. The number of hydrogen-bond acceptors (Lipinski definition) is 3. The second-order valence-corrected chi connectivity index (χ2v) is 4.24. The first kappa shape index (κ1) is 12.3. The van der Waals surface area contributed by atoms with Gasteiger partial charge in [-0.25, -0.2) is 4.39 Å². The number of benzene rings is 1. The molecule has 0 spiro atoms. The fraction of sp³-hybridized carbons (Fsp3) is 0.231. The lowest BCUT2D eigenvalue weighted by atomic mass is 10.1. The minimum absolute atomic E-state index is 0.0444. The highest BCUT2D eigenvalue weighted by molar-refractivity contribution is 5.97. The van der Waals surface area contributed by atoms with Crippen LogP contribution in [0.5, 0.6) is 0 Å². The van der Waals surface area contributed by atoms with Gasteiger partial charge in [-0.2, -0.15) is 5.10 Å². The molecule has 1 heterocycles. The SMILES string of the molecule is Cc1cc(CC(=O)c2ccc(N)c(F)c2)n(C)n1. The van der Waals surface area contributed by atoms with Crippen LogP contribution in [0.2, 0.25) is 0 Å². The predicted molar refractivity (Wildman–Crippen MR) is 66.8 cm³/mol. The van der Waals surface area contributed by atoms with E-state index >= 15 is 0 Å². The van der Waals surface area contributed by atoms with Crippen molar-refractivity contribution in [3.8, 4) is 0 Å². The molecular formula is C13H14FN3O. The Balaban J connectivity index is 2.22. The largest absolute Gasteiger partial charge is 0.396 e. The normalized spacial score (nSPS) is 10.6. The van der Waals surface area contributed by atoms with E-state index < -0.39 is 5.82 Å². The van der Waals surface area contributed by atoms with E-state index in [0.29, 0.717) is 5.56 Å². The molecule has 0 bridgehead atoms. The minimum Gasteiger partial charge on any atom is -0.396 e. The summed E-state index contributed by atoms with van der Waals surface area (Å²) in [6, 6.07) is 5.94. The highest BCUT2D eigenvalue weighted by atomic mass is 19.1. The molecule has 1 aromatic carbocycles. The van der Waals surface area contributed by atoms with Gasteiger partial charge < -0.3 is 5.73 Å². The van der Waals surface area contributed by atoms with Crippen molar-refractivity contribution < 1.29 is 9.18 Å². The van der Waals surface area contributed by atoms with Crippen LogP contribution in [0.1, 0.15) is 21.7 Å². The molecule has 0 unspecified atom stereocenters. The number of aryl methyl sites for hydroxylation is 2. The van der Waals surface area contributed by atoms with Gasteiger partial charge in [-0.3, -0.25) is 9.48 Å². The molecule has 0 aliphatic rings. The van der Waals surface area contributed by atoms with E-state index in [4.69, 9.17) is 5.73 Å². The fourth-order valence-corrected chi connectivity index (χ4v) is 1.80. The van der Waals surface area contributed by atoms with Crippen molar-refractivity contribution >= 4 is 11.5 Å². The molecule has 4 nitrogen and oxygen atoms in total. The van der Waals surface area contributed by atoms with Gasteiger partial charge in [0, 0.05) is 18.3 Å². The van der Waals surface area contributed by atoms with E-state index in [1.165, 1.54) is 18.2 Å². The van der Waals surface area contributed by atoms with Crippen LogP contribution in [0.4, 0.5) is 10.1 Å². The summed E-state index contributed by atoms with van der Waals surface area (Å²) in [6.45, 7) is 1.86. The summed E-state index contributed by atoms with van der Waals surface area (Å²) in [6.07, 6.45) is 0.195. The molecule has 0 amide bonds. The number of carbonyl (C=O) groups is 1. The van der Waals surface area contributed by atoms with Crippen LogP contribution in [0.15, 0.2) is 24.3 Å². The quantitative estimate of drug-likeness (QED) is 0.665. The Kier molecular flexibility index (Phi) is 3.14. The number of carbonyl (C=O) groups excluding carboxylic acids is 1. The monoisotopic (exact) mass is 247 g/mol. The van der Waals surface area contributed by atoms with Gasteiger partial charge in [0.25, 0.3) is 0 Å². The van der Waals surface area contributed by atoms with Crippen molar-refractivity contribution in [1.82, 2.24) is 9.78 Å². The molecule has 0 aliphatic heterocycles. The molecule has 2 aromatic rings. The lowest BCUT2D eigenvalue weighted by Crippen LogP contribution is -2.08. The van der Waals surface area contributed by atoms with E-state index in [2.05, 4.69) is 5.10 Å². The summed E-state index contributed by atoms with van der Waals surface area (Å²) < 4.78 is 14.9. The van der Waals surface area contributed by atoms with E-state index in [1.54, 1.807) is 11.7 Å². The van der Waals surface area contributed by atoms with Gasteiger partial charge >= 0.3 is 0 Å². The number of nitrogen functional groups attached to an aromatic ring is 1. The predicted octanol–water partition coefficient (Wildman–Crippen LogP) is 1.88. The van der Waals surface area contributed by atoms with Gasteiger partial charge in [0.05, 0.1) is 17.8 Å². The minimum atomic E-state index is -0.568. The van der Waals surface area contributed by atoms with Gasteiger partial charge in [0.2, 0.25) is 0 Å². The summed E-state index contributed by atoms with van der Waals surface area (Å²) in [7, 11) is 1.78. The molecule has 94 valence electrons. The zero-order valence-electron chi connectivity index (χ0n) is 10.3.